The highest BCUT2D eigenvalue weighted by molar-refractivity contribution is 5.68. The highest BCUT2D eigenvalue weighted by Crippen LogP contribution is 2.48. The molecule has 0 aliphatic heterocycles. The number of nitrogens with one attached hydrogen (secondary N) is 1. The zero-order valence-electron chi connectivity index (χ0n) is 10.9. The van der Waals surface area contributed by atoms with Crippen LogP contribution in [0.1, 0.15) is 33.1 Å². The lowest BCUT2D eigenvalue weighted by molar-refractivity contribution is -0.138. The number of amides is 1. The Morgan fingerprint density at radius 3 is 2.72 bits per heavy atom. The van der Waals surface area contributed by atoms with Crippen LogP contribution in [0.2, 0.25) is 0 Å². The van der Waals surface area contributed by atoms with E-state index in [2.05, 4.69) is 11.9 Å². The summed E-state index contributed by atoms with van der Waals surface area (Å²) in [6.07, 6.45) is 2.72. The van der Waals surface area contributed by atoms with E-state index in [4.69, 9.17) is 9.84 Å². The van der Waals surface area contributed by atoms with Crippen molar-refractivity contribution in [3.63, 3.8) is 0 Å². The summed E-state index contributed by atoms with van der Waals surface area (Å²) in [6.45, 7) is 7.75. The molecule has 1 amide bonds. The van der Waals surface area contributed by atoms with E-state index in [1.807, 2.05) is 13.8 Å². The van der Waals surface area contributed by atoms with E-state index >= 15 is 0 Å². The van der Waals surface area contributed by atoms with Gasteiger partial charge in [-0.1, -0.05) is 26.5 Å². The lowest BCUT2D eigenvalue weighted by Crippen LogP contribution is -2.58. The first-order chi connectivity index (χ1) is 8.37. The zero-order chi connectivity index (χ0) is 13.8. The molecule has 0 spiro atoms. The molecule has 0 heterocycles. The van der Waals surface area contributed by atoms with Crippen molar-refractivity contribution in [2.45, 2.75) is 39.2 Å². The van der Waals surface area contributed by atoms with Gasteiger partial charge in [-0.05, 0) is 24.2 Å². The Labute approximate surface area is 107 Å². The molecule has 1 rings (SSSR count). The van der Waals surface area contributed by atoms with Gasteiger partial charge in [-0.2, -0.15) is 0 Å². The van der Waals surface area contributed by atoms with Gasteiger partial charge in [-0.15, -0.1) is 0 Å². The van der Waals surface area contributed by atoms with Crippen LogP contribution in [-0.4, -0.2) is 29.8 Å². The van der Waals surface area contributed by atoms with E-state index in [0.717, 1.165) is 6.42 Å². The number of hydrogen-bond acceptors (Lipinski definition) is 3. The largest absolute Gasteiger partial charge is 0.481 e. The summed E-state index contributed by atoms with van der Waals surface area (Å²) in [4.78, 5) is 21.9. The molecular weight excluding hydrogens is 234 g/mol. The van der Waals surface area contributed by atoms with Gasteiger partial charge < -0.3 is 15.2 Å². The Bertz CT molecular complexity index is 338. The molecule has 5 heteroatoms. The molecule has 1 aliphatic carbocycles. The summed E-state index contributed by atoms with van der Waals surface area (Å²) in [5, 5.41) is 11.5. The maximum Gasteiger partial charge on any atom is 0.407 e. The number of hydrogen-bond donors (Lipinski definition) is 2. The van der Waals surface area contributed by atoms with Crippen molar-refractivity contribution in [2.24, 2.45) is 11.3 Å². The van der Waals surface area contributed by atoms with Gasteiger partial charge >= 0.3 is 12.1 Å². The highest BCUT2D eigenvalue weighted by atomic mass is 16.5. The van der Waals surface area contributed by atoms with Gasteiger partial charge in [0.05, 0.1) is 0 Å². The van der Waals surface area contributed by atoms with Crippen LogP contribution in [-0.2, 0) is 9.53 Å². The number of carbonyl (C=O) groups is 2. The van der Waals surface area contributed by atoms with Crippen LogP contribution in [0.5, 0.6) is 0 Å². The third-order valence-corrected chi connectivity index (χ3v) is 3.80. The summed E-state index contributed by atoms with van der Waals surface area (Å²) >= 11 is 0. The second kappa shape index (κ2) is 5.89. The summed E-state index contributed by atoms with van der Waals surface area (Å²) < 4.78 is 4.86. The minimum absolute atomic E-state index is 0.0496. The molecule has 18 heavy (non-hydrogen) atoms. The monoisotopic (exact) mass is 255 g/mol. The fourth-order valence-corrected chi connectivity index (χ4v) is 2.37. The van der Waals surface area contributed by atoms with Crippen molar-refractivity contribution in [3.8, 4) is 0 Å². The maximum atomic E-state index is 11.4. The molecular formula is C13H21NO4. The van der Waals surface area contributed by atoms with Gasteiger partial charge in [-0.3, -0.25) is 4.79 Å². The smallest absolute Gasteiger partial charge is 0.407 e. The molecule has 2 atom stereocenters. The molecule has 0 bridgehead atoms. The number of carboxylic acids is 1. The molecule has 0 aromatic rings. The van der Waals surface area contributed by atoms with Crippen LogP contribution in [0.4, 0.5) is 4.79 Å². The van der Waals surface area contributed by atoms with Gasteiger partial charge in [0.2, 0.25) is 0 Å². The molecule has 0 unspecified atom stereocenters. The Balaban J connectivity index is 2.36. The Kier molecular flexibility index (Phi) is 4.76. The van der Waals surface area contributed by atoms with Crippen LogP contribution < -0.4 is 5.32 Å². The van der Waals surface area contributed by atoms with Crippen LogP contribution in [0.15, 0.2) is 12.7 Å². The molecule has 1 saturated carbocycles. The predicted octanol–water partition coefficient (Wildman–Crippen LogP) is 2.18. The number of alkyl carbamates (subject to hydrolysis) is 1. The summed E-state index contributed by atoms with van der Waals surface area (Å²) in [7, 11) is 0. The lowest BCUT2D eigenvalue weighted by atomic mass is 9.57. The minimum Gasteiger partial charge on any atom is -0.481 e. The van der Waals surface area contributed by atoms with E-state index in [-0.39, 0.29) is 24.5 Å². The quantitative estimate of drug-likeness (QED) is 0.713. The Hall–Kier alpha value is -1.52. The molecule has 1 fully saturated rings. The third-order valence-electron chi connectivity index (χ3n) is 3.80. The van der Waals surface area contributed by atoms with E-state index < -0.39 is 12.1 Å². The maximum absolute atomic E-state index is 11.4. The SMILES string of the molecule is C=CCOC(=O)N[C@H]1C[C@@H](CCC(=O)O)C1(C)C. The summed E-state index contributed by atoms with van der Waals surface area (Å²) in [5.74, 6) is -0.439. The number of carboxylic acid groups (broad SMARTS) is 1. The van der Waals surface area contributed by atoms with Crippen LogP contribution in [0.25, 0.3) is 0 Å². The van der Waals surface area contributed by atoms with E-state index in [9.17, 15) is 9.59 Å². The number of rotatable bonds is 6. The van der Waals surface area contributed by atoms with Crippen molar-refractivity contribution < 1.29 is 19.4 Å². The van der Waals surface area contributed by atoms with Gasteiger partial charge in [0.15, 0.2) is 0 Å². The lowest BCUT2D eigenvalue weighted by Gasteiger charge is -2.52. The first-order valence-corrected chi connectivity index (χ1v) is 6.14. The Morgan fingerprint density at radius 1 is 1.56 bits per heavy atom. The van der Waals surface area contributed by atoms with Crippen molar-refractivity contribution in [3.05, 3.63) is 12.7 Å². The zero-order valence-corrected chi connectivity index (χ0v) is 10.9. The fraction of sp³-hybridized carbons (Fsp3) is 0.692. The van der Waals surface area contributed by atoms with Gasteiger partial charge in [0.1, 0.15) is 6.61 Å². The topological polar surface area (TPSA) is 75.6 Å². The molecule has 1 aliphatic rings. The standard InChI is InChI=1S/C13H21NO4/c1-4-7-18-12(17)14-10-8-9(13(10,2)3)5-6-11(15)16/h4,9-10H,1,5-8H2,2-3H3,(H,14,17)(H,15,16)/t9-,10+/m1/s1. The van der Waals surface area contributed by atoms with Gasteiger partial charge in [0.25, 0.3) is 0 Å². The van der Waals surface area contributed by atoms with Crippen LogP contribution in [0.3, 0.4) is 0 Å². The molecule has 0 aromatic heterocycles. The average molecular weight is 255 g/mol. The van der Waals surface area contributed by atoms with E-state index in [1.54, 1.807) is 0 Å². The molecule has 0 aromatic carbocycles. The number of carbonyl (C=O) groups excluding carboxylic acids is 1. The van der Waals surface area contributed by atoms with Gasteiger partial charge in [-0.25, -0.2) is 4.79 Å². The average Bonchev–Trinajstić information content (AvgIpc) is 2.29. The summed E-state index contributed by atoms with van der Waals surface area (Å²) in [6, 6.07) is 0.0496. The third kappa shape index (κ3) is 3.48. The van der Waals surface area contributed by atoms with Crippen LogP contribution >= 0.6 is 0 Å². The number of aliphatic carboxylic acids is 1. The van der Waals surface area contributed by atoms with Gasteiger partial charge in [0, 0.05) is 12.5 Å². The van der Waals surface area contributed by atoms with E-state index in [0.29, 0.717) is 12.3 Å². The predicted molar refractivity (Wildman–Crippen MR) is 67.2 cm³/mol. The second-order valence-electron chi connectivity index (χ2n) is 5.27. The van der Waals surface area contributed by atoms with Crippen molar-refractivity contribution >= 4 is 12.1 Å². The molecule has 5 nitrogen and oxygen atoms in total. The van der Waals surface area contributed by atoms with Crippen molar-refractivity contribution in [1.82, 2.24) is 5.32 Å². The fourth-order valence-electron chi connectivity index (χ4n) is 2.37. The number of ether oxygens (including phenoxy) is 1. The normalized spacial score (nSPS) is 24.8. The van der Waals surface area contributed by atoms with E-state index in [1.165, 1.54) is 6.08 Å². The molecule has 2 N–H and O–H groups in total. The molecule has 0 saturated heterocycles. The molecule has 0 radical (unpaired) electrons. The first kappa shape index (κ1) is 14.5. The first-order valence-electron chi connectivity index (χ1n) is 6.14. The molecule has 102 valence electrons. The summed E-state index contributed by atoms with van der Waals surface area (Å²) in [5.41, 5.74) is -0.0807. The minimum atomic E-state index is -0.771. The highest BCUT2D eigenvalue weighted by Gasteiger charge is 2.48. The van der Waals surface area contributed by atoms with Crippen LogP contribution in [0, 0.1) is 11.3 Å². The van der Waals surface area contributed by atoms with Crippen molar-refractivity contribution in [1.29, 1.82) is 0 Å². The Morgan fingerprint density at radius 2 is 2.22 bits per heavy atom. The van der Waals surface area contributed by atoms with Crippen molar-refractivity contribution in [2.75, 3.05) is 6.61 Å². The second-order valence-corrected chi connectivity index (χ2v) is 5.27.